The molecule has 0 aliphatic heterocycles. The van der Waals surface area contributed by atoms with Gasteiger partial charge < -0.3 is 5.32 Å². The molecule has 4 aromatic carbocycles. The lowest BCUT2D eigenvalue weighted by molar-refractivity contribution is -0.137. The molecule has 1 unspecified atom stereocenters. The van der Waals surface area contributed by atoms with Gasteiger partial charge in [-0.1, -0.05) is 89.6 Å². The van der Waals surface area contributed by atoms with E-state index in [0.29, 0.717) is 28.2 Å². The van der Waals surface area contributed by atoms with Crippen molar-refractivity contribution in [3.63, 3.8) is 0 Å². The number of carbonyl (C=O) groups is 1. The molecule has 1 amide bonds. The average molecular weight is 621 g/mol. The van der Waals surface area contributed by atoms with Crippen LogP contribution in [-0.2, 0) is 18.3 Å². The van der Waals surface area contributed by atoms with Gasteiger partial charge in [0.25, 0.3) is 5.91 Å². The zero-order valence-corrected chi connectivity index (χ0v) is 25.0. The Morgan fingerprint density at radius 2 is 1.63 bits per heavy atom. The van der Waals surface area contributed by atoms with Crippen LogP contribution in [0.3, 0.4) is 0 Å². The zero-order valence-electron chi connectivity index (χ0n) is 23.4. The van der Waals surface area contributed by atoms with Gasteiger partial charge in [-0.2, -0.15) is 13.2 Å². The minimum Gasteiger partial charge on any atom is -0.342 e. The Morgan fingerprint density at radius 3 is 2.33 bits per heavy atom. The maximum absolute atomic E-state index is 13.4. The molecule has 0 saturated heterocycles. The van der Waals surface area contributed by atoms with Gasteiger partial charge in [-0.05, 0) is 73.4 Å². The fourth-order valence-electron chi connectivity index (χ4n) is 4.71. The Kier molecular flexibility index (Phi) is 9.22. The molecule has 5 aromatic rings. The van der Waals surface area contributed by atoms with Crippen LogP contribution < -0.4 is 5.32 Å². The molecule has 10 heteroatoms. The highest BCUT2D eigenvalue weighted by molar-refractivity contribution is 7.98. The smallest absolute Gasteiger partial charge is 0.342 e. The molecule has 0 bridgehead atoms. The van der Waals surface area contributed by atoms with Crippen LogP contribution in [0.5, 0.6) is 0 Å². The van der Waals surface area contributed by atoms with E-state index in [0.717, 1.165) is 40.1 Å². The summed E-state index contributed by atoms with van der Waals surface area (Å²) in [5, 5.41) is 13.3. The van der Waals surface area contributed by atoms with Crippen molar-refractivity contribution in [1.29, 1.82) is 0 Å². The van der Waals surface area contributed by atoms with E-state index in [1.807, 2.05) is 73.0 Å². The topological polar surface area (TPSA) is 59.8 Å². The Balaban J connectivity index is 1.55. The maximum Gasteiger partial charge on any atom is 0.416 e. The highest BCUT2D eigenvalue weighted by Gasteiger charge is 2.31. The van der Waals surface area contributed by atoms with Crippen molar-refractivity contribution in [2.45, 2.75) is 43.4 Å². The molecule has 1 heterocycles. The number of hydrogen-bond donors (Lipinski definition) is 1. The Bertz CT molecular complexity index is 1720. The van der Waals surface area contributed by atoms with Crippen LogP contribution in [0.2, 0.25) is 5.02 Å². The number of carbonyl (C=O) groups excluding carboxylic acids is 1. The van der Waals surface area contributed by atoms with Gasteiger partial charge in [0, 0.05) is 16.3 Å². The van der Waals surface area contributed by atoms with Gasteiger partial charge in [-0.3, -0.25) is 9.36 Å². The van der Waals surface area contributed by atoms with Gasteiger partial charge in [0.05, 0.1) is 17.3 Å². The summed E-state index contributed by atoms with van der Waals surface area (Å²) in [5.41, 5.74) is 4.18. The van der Waals surface area contributed by atoms with E-state index < -0.39 is 23.7 Å². The molecule has 1 N–H and O–H groups in total. The molecule has 5 rings (SSSR count). The molecule has 220 valence electrons. The molecule has 0 radical (unpaired) electrons. The number of thioether (sulfide) groups is 1. The molecule has 5 nitrogen and oxygen atoms in total. The van der Waals surface area contributed by atoms with Gasteiger partial charge in [0.2, 0.25) is 0 Å². The largest absolute Gasteiger partial charge is 0.416 e. The quantitative estimate of drug-likeness (QED) is 0.168. The lowest BCUT2D eigenvalue weighted by atomic mass is 10.0. The number of alkyl halides is 3. The normalized spacial score (nSPS) is 12.2. The Hall–Kier alpha value is -4.08. The number of rotatable bonds is 9. The van der Waals surface area contributed by atoms with Crippen LogP contribution in [0.4, 0.5) is 13.2 Å². The SMILES string of the molecule is Cc1cccc(CSc2nnc(C(Cc3ccccc3)NC(=O)c3ccc(C(F)(F)F)cc3)n2-c2cc(Cl)ccc2C)c1. The minimum absolute atomic E-state index is 0.102. The summed E-state index contributed by atoms with van der Waals surface area (Å²) in [4.78, 5) is 13.4. The first kappa shape index (κ1) is 30.4. The molecule has 0 fully saturated rings. The van der Waals surface area contributed by atoms with E-state index in [1.54, 1.807) is 6.07 Å². The van der Waals surface area contributed by atoms with Gasteiger partial charge in [0.15, 0.2) is 11.0 Å². The van der Waals surface area contributed by atoms with Crippen LogP contribution in [0, 0.1) is 13.8 Å². The number of aromatic nitrogens is 3. The highest BCUT2D eigenvalue weighted by atomic mass is 35.5. The fourth-order valence-corrected chi connectivity index (χ4v) is 5.77. The first-order valence-electron chi connectivity index (χ1n) is 13.5. The third kappa shape index (κ3) is 7.47. The first-order valence-corrected chi connectivity index (χ1v) is 14.9. The van der Waals surface area contributed by atoms with E-state index in [-0.39, 0.29) is 5.56 Å². The molecular weight excluding hydrogens is 593 g/mol. The van der Waals surface area contributed by atoms with Gasteiger partial charge in [-0.25, -0.2) is 0 Å². The van der Waals surface area contributed by atoms with Gasteiger partial charge in [0.1, 0.15) is 0 Å². The van der Waals surface area contributed by atoms with E-state index in [4.69, 9.17) is 11.6 Å². The van der Waals surface area contributed by atoms with Crippen molar-refractivity contribution in [2.24, 2.45) is 0 Å². The van der Waals surface area contributed by atoms with Crippen molar-refractivity contribution >= 4 is 29.3 Å². The van der Waals surface area contributed by atoms with E-state index in [2.05, 4.69) is 27.6 Å². The number of nitrogens with one attached hydrogen (secondary N) is 1. The summed E-state index contributed by atoms with van der Waals surface area (Å²) in [5.74, 6) is 0.586. The van der Waals surface area contributed by atoms with Crippen LogP contribution in [0.15, 0.2) is 102 Å². The van der Waals surface area contributed by atoms with Crippen molar-refractivity contribution in [1.82, 2.24) is 20.1 Å². The lowest BCUT2D eigenvalue weighted by Gasteiger charge is -2.21. The van der Waals surface area contributed by atoms with Crippen molar-refractivity contribution in [2.75, 3.05) is 0 Å². The third-order valence-electron chi connectivity index (χ3n) is 6.89. The monoisotopic (exact) mass is 620 g/mol. The minimum atomic E-state index is -4.50. The standard InChI is InChI=1S/C33H28ClF3N4OS/c1-21-7-6-10-24(17-21)20-43-32-40-39-30(41(32)29-19-27(34)16-11-22(29)2)28(18-23-8-4-3-5-9-23)38-31(42)25-12-14-26(15-13-25)33(35,36)37/h3-17,19,28H,18,20H2,1-2H3,(H,38,42). The number of aryl methyl sites for hydroxylation is 2. The maximum atomic E-state index is 13.4. The summed E-state index contributed by atoms with van der Waals surface area (Å²) in [6, 6.07) is 26.8. The van der Waals surface area contributed by atoms with Crippen LogP contribution in [0.25, 0.3) is 5.69 Å². The van der Waals surface area contributed by atoms with Crippen LogP contribution >= 0.6 is 23.4 Å². The predicted octanol–water partition coefficient (Wildman–Crippen LogP) is 8.56. The fraction of sp³-hybridized carbons (Fsp3) is 0.182. The van der Waals surface area contributed by atoms with E-state index >= 15 is 0 Å². The predicted molar refractivity (Wildman–Crippen MR) is 164 cm³/mol. The van der Waals surface area contributed by atoms with Crippen LogP contribution in [0.1, 0.15) is 50.0 Å². The number of halogens is 4. The summed E-state index contributed by atoms with van der Waals surface area (Å²) >= 11 is 7.95. The van der Waals surface area contributed by atoms with E-state index in [9.17, 15) is 18.0 Å². The molecule has 0 aliphatic carbocycles. The Morgan fingerprint density at radius 1 is 0.907 bits per heavy atom. The van der Waals surface area contributed by atoms with Gasteiger partial charge in [-0.15, -0.1) is 10.2 Å². The molecule has 1 atom stereocenters. The second-order valence-electron chi connectivity index (χ2n) is 10.2. The second-order valence-corrected chi connectivity index (χ2v) is 11.6. The number of hydrogen-bond acceptors (Lipinski definition) is 4. The molecular formula is C33H28ClF3N4OS. The summed E-state index contributed by atoms with van der Waals surface area (Å²) in [6.45, 7) is 4.00. The Labute approximate surface area is 257 Å². The number of nitrogens with zero attached hydrogens (tertiary/aromatic N) is 3. The number of amides is 1. The zero-order chi connectivity index (χ0) is 30.6. The third-order valence-corrected chi connectivity index (χ3v) is 8.13. The molecule has 0 saturated carbocycles. The average Bonchev–Trinajstić information content (AvgIpc) is 3.41. The molecule has 1 aromatic heterocycles. The molecule has 0 aliphatic rings. The lowest BCUT2D eigenvalue weighted by Crippen LogP contribution is -2.32. The van der Waals surface area contributed by atoms with Crippen molar-refractivity contribution in [3.05, 3.63) is 141 Å². The number of benzene rings is 4. The van der Waals surface area contributed by atoms with E-state index in [1.165, 1.54) is 23.9 Å². The highest BCUT2D eigenvalue weighted by Crippen LogP contribution is 2.32. The molecule has 0 spiro atoms. The van der Waals surface area contributed by atoms with Crippen LogP contribution in [-0.4, -0.2) is 20.7 Å². The van der Waals surface area contributed by atoms with Crippen molar-refractivity contribution < 1.29 is 18.0 Å². The van der Waals surface area contributed by atoms with Gasteiger partial charge >= 0.3 is 6.18 Å². The summed E-state index contributed by atoms with van der Waals surface area (Å²) < 4.78 is 41.3. The first-order chi connectivity index (χ1) is 20.6. The van der Waals surface area contributed by atoms with Crippen molar-refractivity contribution in [3.8, 4) is 5.69 Å². The summed E-state index contributed by atoms with van der Waals surface area (Å²) in [7, 11) is 0. The molecule has 43 heavy (non-hydrogen) atoms. The second kappa shape index (κ2) is 13.1. The summed E-state index contributed by atoms with van der Waals surface area (Å²) in [6.07, 6.45) is -4.13.